The van der Waals surface area contributed by atoms with Crippen molar-refractivity contribution < 1.29 is 24.0 Å². The third kappa shape index (κ3) is 5.31. The highest BCUT2D eigenvalue weighted by atomic mass is 127. The van der Waals surface area contributed by atoms with Gasteiger partial charge in [-0.15, -0.1) is 0 Å². The lowest BCUT2D eigenvalue weighted by atomic mass is 10.1. The van der Waals surface area contributed by atoms with Crippen molar-refractivity contribution in [3.05, 3.63) is 57.7 Å². The third-order valence-electron chi connectivity index (χ3n) is 4.14. The quantitative estimate of drug-likeness (QED) is 0.233. The average Bonchev–Trinajstić information content (AvgIpc) is 2.71. The predicted molar refractivity (Wildman–Crippen MR) is 120 cm³/mol. The molecule has 0 radical (unpaired) electrons. The number of imide groups is 2. The number of nitrogens with one attached hydrogen (secondary N) is 3. The number of urea groups is 1. The molecule has 0 bridgehead atoms. The zero-order valence-corrected chi connectivity index (χ0v) is 18.2. The lowest BCUT2D eigenvalue weighted by Crippen LogP contribution is -2.58. The summed E-state index contributed by atoms with van der Waals surface area (Å²) in [5.74, 6) is -3.84. The van der Waals surface area contributed by atoms with Gasteiger partial charge in [-0.3, -0.25) is 24.5 Å². The van der Waals surface area contributed by atoms with Gasteiger partial charge >= 0.3 is 6.03 Å². The van der Waals surface area contributed by atoms with Gasteiger partial charge < -0.3 is 5.32 Å². The van der Waals surface area contributed by atoms with E-state index in [0.29, 0.717) is 11.4 Å². The molecule has 11 heteroatoms. The third-order valence-corrected chi connectivity index (χ3v) is 4.86. The molecule has 6 amide bonds. The van der Waals surface area contributed by atoms with Crippen LogP contribution in [0.25, 0.3) is 0 Å². The molecule has 1 aliphatic heterocycles. The summed E-state index contributed by atoms with van der Waals surface area (Å²) < 4.78 is 0.910. The minimum Gasteiger partial charge on any atom is -0.326 e. The van der Waals surface area contributed by atoms with Gasteiger partial charge in [-0.05, 0) is 71.1 Å². The Bertz CT molecular complexity index is 1080. The number of anilines is 2. The van der Waals surface area contributed by atoms with Crippen LogP contribution >= 0.6 is 22.6 Å². The lowest BCUT2D eigenvalue weighted by molar-refractivity contribution is -0.131. The van der Waals surface area contributed by atoms with Crippen molar-refractivity contribution in [2.75, 3.05) is 10.2 Å². The van der Waals surface area contributed by atoms with Gasteiger partial charge in [0.05, 0.1) is 5.69 Å². The summed E-state index contributed by atoms with van der Waals surface area (Å²) in [6, 6.07) is 11.8. The largest absolute Gasteiger partial charge is 0.335 e. The molecule has 3 N–H and O–H groups in total. The summed E-state index contributed by atoms with van der Waals surface area (Å²) in [5.41, 5.74) is 3.31. The second-order valence-corrected chi connectivity index (χ2v) is 7.65. The van der Waals surface area contributed by atoms with Crippen LogP contribution in [0.2, 0.25) is 0 Å². The Morgan fingerprint density at radius 3 is 2.32 bits per heavy atom. The van der Waals surface area contributed by atoms with Gasteiger partial charge in [-0.1, -0.05) is 0 Å². The number of hydrazone groups is 1. The van der Waals surface area contributed by atoms with E-state index in [2.05, 4.69) is 43.8 Å². The summed E-state index contributed by atoms with van der Waals surface area (Å²) in [6.07, 6.45) is 0.966. The molecule has 0 spiro atoms. The van der Waals surface area contributed by atoms with Crippen molar-refractivity contribution in [2.45, 2.75) is 6.92 Å². The van der Waals surface area contributed by atoms with E-state index in [1.54, 1.807) is 36.4 Å². The van der Waals surface area contributed by atoms with Crippen LogP contribution in [0, 0.1) is 9.49 Å². The Kier molecular flexibility index (Phi) is 6.74. The maximum absolute atomic E-state index is 12.7. The highest BCUT2D eigenvalue weighted by Gasteiger charge is 2.40. The Balaban J connectivity index is 1.68. The average molecular weight is 533 g/mol. The summed E-state index contributed by atoms with van der Waals surface area (Å²) in [6.45, 7) is 1.37. The molecule has 1 fully saturated rings. The Morgan fingerprint density at radius 2 is 1.71 bits per heavy atom. The number of benzene rings is 2. The maximum atomic E-state index is 12.7. The van der Waals surface area contributed by atoms with Gasteiger partial charge in [0, 0.05) is 28.0 Å². The number of hydrogen-bond donors (Lipinski definition) is 3. The molecule has 1 saturated heterocycles. The second kappa shape index (κ2) is 9.47. The molecule has 1 heterocycles. The standard InChI is InChI=1S/C20H16IN5O5/c1-11(27)23-14-6-2-12(3-7-14)17(28)25-22-10-16-18(29)24-20(31)26(19(16)30)15-8-4-13(21)5-9-15/h2-10,16H,1H3,(H,23,27)(H,25,28)(H,24,29,31)/b22-10-/t16-/m0/s1. The van der Waals surface area contributed by atoms with E-state index in [1.807, 2.05) is 0 Å². The van der Waals surface area contributed by atoms with Crippen molar-refractivity contribution in [3.63, 3.8) is 0 Å². The predicted octanol–water partition coefficient (Wildman–Crippen LogP) is 1.86. The number of hydrogen-bond acceptors (Lipinski definition) is 6. The summed E-state index contributed by atoms with van der Waals surface area (Å²) in [5, 5.41) is 8.37. The maximum Gasteiger partial charge on any atom is 0.335 e. The first-order valence-electron chi connectivity index (χ1n) is 8.92. The number of barbiturate groups is 1. The SMILES string of the molecule is CC(=O)Nc1ccc(C(=O)N/N=C\[C@H]2C(=O)NC(=O)N(c3ccc(I)cc3)C2=O)cc1. The molecule has 1 atom stereocenters. The molecule has 0 aliphatic carbocycles. The fourth-order valence-electron chi connectivity index (χ4n) is 2.70. The Morgan fingerprint density at radius 1 is 1.06 bits per heavy atom. The van der Waals surface area contributed by atoms with E-state index in [0.717, 1.165) is 14.7 Å². The van der Waals surface area contributed by atoms with Gasteiger partial charge in [-0.2, -0.15) is 5.10 Å². The normalized spacial score (nSPS) is 16.3. The van der Waals surface area contributed by atoms with Crippen LogP contribution in [0.4, 0.5) is 16.2 Å². The lowest BCUT2D eigenvalue weighted by Gasteiger charge is -2.28. The van der Waals surface area contributed by atoms with E-state index >= 15 is 0 Å². The highest BCUT2D eigenvalue weighted by molar-refractivity contribution is 14.1. The van der Waals surface area contributed by atoms with E-state index < -0.39 is 29.7 Å². The molecule has 1 aliphatic rings. The molecular formula is C20H16IN5O5. The van der Waals surface area contributed by atoms with Crippen LogP contribution in [0.3, 0.4) is 0 Å². The molecular weight excluding hydrogens is 517 g/mol. The van der Waals surface area contributed by atoms with Crippen LogP contribution in [0.15, 0.2) is 53.6 Å². The van der Waals surface area contributed by atoms with E-state index in [1.165, 1.54) is 19.1 Å². The molecule has 3 rings (SSSR count). The molecule has 2 aromatic carbocycles. The molecule has 0 aromatic heterocycles. The Hall–Kier alpha value is -3.61. The van der Waals surface area contributed by atoms with Crippen LogP contribution in [0.5, 0.6) is 0 Å². The van der Waals surface area contributed by atoms with Crippen LogP contribution < -0.4 is 21.0 Å². The number of nitrogens with zero attached hydrogens (tertiary/aromatic N) is 2. The first kappa shape index (κ1) is 22.1. The van der Waals surface area contributed by atoms with Crippen molar-refractivity contribution in [3.8, 4) is 0 Å². The minimum absolute atomic E-state index is 0.241. The molecule has 31 heavy (non-hydrogen) atoms. The number of rotatable bonds is 5. The minimum atomic E-state index is -1.39. The van der Waals surface area contributed by atoms with Crippen molar-refractivity contribution in [2.24, 2.45) is 11.0 Å². The van der Waals surface area contributed by atoms with E-state index in [-0.39, 0.29) is 11.5 Å². The van der Waals surface area contributed by atoms with E-state index in [4.69, 9.17) is 0 Å². The fraction of sp³-hybridized carbons (Fsp3) is 0.100. The van der Waals surface area contributed by atoms with Gasteiger partial charge in [0.15, 0.2) is 5.92 Å². The topological polar surface area (TPSA) is 137 Å². The first-order chi connectivity index (χ1) is 14.8. The zero-order valence-electron chi connectivity index (χ0n) is 16.1. The van der Waals surface area contributed by atoms with Crippen LogP contribution in [0.1, 0.15) is 17.3 Å². The number of carbonyl (C=O) groups is 5. The number of amides is 6. The first-order valence-corrected chi connectivity index (χ1v) is 9.99. The van der Waals surface area contributed by atoms with Crippen molar-refractivity contribution >= 4 is 69.8 Å². The summed E-state index contributed by atoms with van der Waals surface area (Å²) in [7, 11) is 0. The molecule has 0 unspecified atom stereocenters. The molecule has 158 valence electrons. The van der Waals surface area contributed by atoms with Gasteiger partial charge in [0.1, 0.15) is 0 Å². The Labute approximate surface area is 190 Å². The number of halogens is 1. The summed E-state index contributed by atoms with van der Waals surface area (Å²) in [4.78, 5) is 61.0. The molecule has 10 nitrogen and oxygen atoms in total. The second-order valence-electron chi connectivity index (χ2n) is 6.40. The monoisotopic (exact) mass is 533 g/mol. The zero-order chi connectivity index (χ0) is 22.5. The molecule has 0 saturated carbocycles. The number of carbonyl (C=O) groups excluding carboxylic acids is 5. The van der Waals surface area contributed by atoms with Crippen molar-refractivity contribution in [1.82, 2.24) is 10.7 Å². The van der Waals surface area contributed by atoms with Gasteiger partial charge in [-0.25, -0.2) is 15.1 Å². The smallest absolute Gasteiger partial charge is 0.326 e. The van der Waals surface area contributed by atoms with Crippen LogP contribution in [-0.4, -0.2) is 35.9 Å². The van der Waals surface area contributed by atoms with Crippen LogP contribution in [-0.2, 0) is 14.4 Å². The fourth-order valence-corrected chi connectivity index (χ4v) is 3.06. The van der Waals surface area contributed by atoms with Crippen molar-refractivity contribution in [1.29, 1.82) is 0 Å². The highest BCUT2D eigenvalue weighted by Crippen LogP contribution is 2.21. The van der Waals surface area contributed by atoms with Gasteiger partial charge in [0.2, 0.25) is 11.8 Å². The van der Waals surface area contributed by atoms with E-state index in [9.17, 15) is 24.0 Å². The van der Waals surface area contributed by atoms with Gasteiger partial charge in [0.25, 0.3) is 11.8 Å². The molecule has 2 aromatic rings. The summed E-state index contributed by atoms with van der Waals surface area (Å²) >= 11 is 2.08.